The summed E-state index contributed by atoms with van der Waals surface area (Å²) in [6.07, 6.45) is 5.77. The van der Waals surface area contributed by atoms with E-state index < -0.39 is 10.1 Å². The Morgan fingerprint density at radius 2 is 2.00 bits per heavy atom. The Bertz CT molecular complexity index is 516. The summed E-state index contributed by atoms with van der Waals surface area (Å²) in [7, 11) is -3.47. The molecule has 0 spiro atoms. The van der Waals surface area contributed by atoms with Crippen molar-refractivity contribution in [1.82, 2.24) is 0 Å². The largest absolute Gasteiger partial charge is 0.382 e. The molecule has 4 heteroatoms. The van der Waals surface area contributed by atoms with E-state index in [2.05, 4.69) is 6.92 Å². The number of rotatable bonds is 6. The van der Waals surface area contributed by atoms with Gasteiger partial charge in [-0.3, -0.25) is 0 Å². The highest BCUT2D eigenvalue weighted by molar-refractivity contribution is 7.87. The first-order valence-electron chi connectivity index (χ1n) is 6.20. The van der Waals surface area contributed by atoms with Crippen LogP contribution in [-0.2, 0) is 16.5 Å². The van der Waals surface area contributed by atoms with Crippen LogP contribution < -0.4 is 4.18 Å². The number of aryl methyl sites for hydroxylation is 1. The topological polar surface area (TPSA) is 43.4 Å². The van der Waals surface area contributed by atoms with Crippen molar-refractivity contribution in [1.29, 1.82) is 0 Å². The van der Waals surface area contributed by atoms with Crippen LogP contribution >= 0.6 is 0 Å². The summed E-state index contributed by atoms with van der Waals surface area (Å²) >= 11 is 0. The lowest BCUT2D eigenvalue weighted by Crippen LogP contribution is -2.12. The second-order valence-corrected chi connectivity index (χ2v) is 5.91. The van der Waals surface area contributed by atoms with Gasteiger partial charge in [0.25, 0.3) is 0 Å². The average molecular weight is 268 g/mol. The molecule has 3 nitrogen and oxygen atoms in total. The quantitative estimate of drug-likeness (QED) is 0.743. The number of hydrogen-bond donors (Lipinski definition) is 0. The van der Waals surface area contributed by atoms with E-state index in [4.69, 9.17) is 4.18 Å². The zero-order valence-electron chi connectivity index (χ0n) is 11.1. The monoisotopic (exact) mass is 268 g/mol. The predicted molar refractivity (Wildman–Crippen MR) is 75.2 cm³/mol. The third-order valence-electron chi connectivity index (χ3n) is 2.53. The van der Waals surface area contributed by atoms with Crippen molar-refractivity contribution < 1.29 is 12.6 Å². The van der Waals surface area contributed by atoms with Crippen LogP contribution in [0, 0.1) is 0 Å². The Hall–Kier alpha value is -1.29. The van der Waals surface area contributed by atoms with Gasteiger partial charge in [0.2, 0.25) is 0 Å². The third-order valence-corrected chi connectivity index (χ3v) is 3.67. The highest BCUT2D eigenvalue weighted by Gasteiger charge is 2.12. The molecule has 0 amide bonds. The van der Waals surface area contributed by atoms with E-state index >= 15 is 0 Å². The van der Waals surface area contributed by atoms with Crippen LogP contribution in [0.25, 0.3) is 6.08 Å². The van der Waals surface area contributed by atoms with Crippen molar-refractivity contribution in [2.75, 3.05) is 5.75 Å². The fourth-order valence-corrected chi connectivity index (χ4v) is 2.17. The van der Waals surface area contributed by atoms with Gasteiger partial charge < -0.3 is 4.18 Å². The molecule has 0 atom stereocenters. The first kappa shape index (κ1) is 14.8. The van der Waals surface area contributed by atoms with Gasteiger partial charge in [0.15, 0.2) is 0 Å². The molecule has 0 N–H and O–H groups in total. The van der Waals surface area contributed by atoms with E-state index in [1.165, 1.54) is 5.56 Å². The van der Waals surface area contributed by atoms with Crippen LogP contribution in [0.5, 0.6) is 5.75 Å². The summed E-state index contributed by atoms with van der Waals surface area (Å²) in [5, 5.41) is 0. The van der Waals surface area contributed by atoms with Gasteiger partial charge in [0, 0.05) is 5.56 Å². The molecule has 0 saturated carbocycles. The molecule has 100 valence electrons. The van der Waals surface area contributed by atoms with E-state index in [0.717, 1.165) is 18.4 Å². The first-order chi connectivity index (χ1) is 8.52. The lowest BCUT2D eigenvalue weighted by atomic mass is 10.1. The molecular weight excluding hydrogens is 248 g/mol. The summed E-state index contributed by atoms with van der Waals surface area (Å²) in [6.45, 7) is 5.57. The van der Waals surface area contributed by atoms with Gasteiger partial charge in [-0.1, -0.05) is 31.6 Å². The smallest absolute Gasteiger partial charge is 0.308 e. The molecule has 1 rings (SSSR count). The van der Waals surface area contributed by atoms with Crippen molar-refractivity contribution in [2.45, 2.75) is 33.6 Å². The predicted octanol–water partition coefficient (Wildman–Crippen LogP) is 3.40. The molecule has 0 aliphatic rings. The van der Waals surface area contributed by atoms with E-state index in [1.54, 1.807) is 13.0 Å². The van der Waals surface area contributed by atoms with Crippen molar-refractivity contribution in [3.63, 3.8) is 0 Å². The molecule has 0 aliphatic carbocycles. The van der Waals surface area contributed by atoms with Crippen LogP contribution in [0.2, 0.25) is 0 Å². The van der Waals surface area contributed by atoms with Gasteiger partial charge in [-0.15, -0.1) is 0 Å². The second kappa shape index (κ2) is 6.59. The zero-order chi connectivity index (χ0) is 13.6. The van der Waals surface area contributed by atoms with Crippen molar-refractivity contribution in [3.8, 4) is 5.75 Å². The zero-order valence-corrected chi connectivity index (χ0v) is 12.0. The lowest BCUT2D eigenvalue weighted by molar-refractivity contribution is 0.487. The maximum atomic E-state index is 11.5. The third kappa shape index (κ3) is 4.18. The minimum Gasteiger partial charge on any atom is -0.382 e. The minimum atomic E-state index is -3.47. The maximum absolute atomic E-state index is 11.5. The normalized spacial score (nSPS) is 11.9. The lowest BCUT2D eigenvalue weighted by Gasteiger charge is -2.10. The van der Waals surface area contributed by atoms with Crippen LogP contribution in [-0.4, -0.2) is 14.2 Å². The number of hydrogen-bond acceptors (Lipinski definition) is 3. The van der Waals surface area contributed by atoms with Crippen molar-refractivity contribution >= 4 is 16.2 Å². The molecule has 1 aromatic carbocycles. The molecule has 0 heterocycles. The van der Waals surface area contributed by atoms with Crippen molar-refractivity contribution in [2.24, 2.45) is 0 Å². The van der Waals surface area contributed by atoms with E-state index in [0.29, 0.717) is 5.75 Å². The van der Waals surface area contributed by atoms with Gasteiger partial charge in [-0.25, -0.2) is 0 Å². The summed E-state index contributed by atoms with van der Waals surface area (Å²) in [5.74, 6) is 0.369. The first-order valence-corrected chi connectivity index (χ1v) is 7.78. The minimum absolute atomic E-state index is 0.0288. The molecule has 18 heavy (non-hydrogen) atoms. The molecule has 0 bridgehead atoms. The Labute approximate surface area is 110 Å². The van der Waals surface area contributed by atoms with Gasteiger partial charge in [0.05, 0.1) is 5.75 Å². The number of allylic oxidation sites excluding steroid dienone is 1. The van der Waals surface area contributed by atoms with Crippen LogP contribution in [0.3, 0.4) is 0 Å². The average Bonchev–Trinajstić information content (AvgIpc) is 2.33. The van der Waals surface area contributed by atoms with Gasteiger partial charge in [-0.05, 0) is 38.0 Å². The fraction of sp³-hybridized carbons (Fsp3) is 0.429. The van der Waals surface area contributed by atoms with Crippen LogP contribution in [0.4, 0.5) is 0 Å². The Kier molecular flexibility index (Phi) is 5.41. The SMILES string of the molecule is CC=Cc1cc(CCC)ccc1OS(=O)(=O)CC. The molecule has 1 aromatic rings. The van der Waals surface area contributed by atoms with E-state index in [9.17, 15) is 8.42 Å². The Balaban J connectivity index is 3.11. The van der Waals surface area contributed by atoms with Crippen LogP contribution in [0.15, 0.2) is 24.3 Å². The second-order valence-electron chi connectivity index (χ2n) is 4.05. The maximum Gasteiger partial charge on any atom is 0.308 e. The highest BCUT2D eigenvalue weighted by Crippen LogP contribution is 2.24. The molecule has 0 saturated heterocycles. The van der Waals surface area contributed by atoms with E-state index in [-0.39, 0.29) is 5.75 Å². The summed E-state index contributed by atoms with van der Waals surface area (Å²) in [6, 6.07) is 5.62. The molecule has 0 aromatic heterocycles. The molecule has 0 radical (unpaired) electrons. The van der Waals surface area contributed by atoms with Gasteiger partial charge >= 0.3 is 10.1 Å². The molecule has 0 fully saturated rings. The Morgan fingerprint density at radius 1 is 1.28 bits per heavy atom. The standard InChI is InChI=1S/C14H20O3S/c1-4-7-12-9-10-14(13(11-12)8-5-2)17-18(15,16)6-3/h5,8-11H,4,6-7H2,1-3H3. The summed E-state index contributed by atoms with van der Waals surface area (Å²) < 4.78 is 28.1. The van der Waals surface area contributed by atoms with Crippen molar-refractivity contribution in [3.05, 3.63) is 35.4 Å². The summed E-state index contributed by atoms with van der Waals surface area (Å²) in [5.41, 5.74) is 1.99. The van der Waals surface area contributed by atoms with Gasteiger partial charge in [0.1, 0.15) is 5.75 Å². The highest BCUT2D eigenvalue weighted by atomic mass is 32.2. The molecular formula is C14H20O3S. The molecule has 0 unspecified atom stereocenters. The number of benzene rings is 1. The van der Waals surface area contributed by atoms with E-state index in [1.807, 2.05) is 31.2 Å². The van der Waals surface area contributed by atoms with Gasteiger partial charge in [-0.2, -0.15) is 8.42 Å². The fourth-order valence-electron chi connectivity index (χ4n) is 1.62. The summed E-state index contributed by atoms with van der Waals surface area (Å²) in [4.78, 5) is 0. The molecule has 0 aliphatic heterocycles. The van der Waals surface area contributed by atoms with Crippen LogP contribution in [0.1, 0.15) is 38.3 Å². The Morgan fingerprint density at radius 3 is 2.56 bits per heavy atom.